The summed E-state index contributed by atoms with van der Waals surface area (Å²) in [6.45, 7) is 3.79. The van der Waals surface area contributed by atoms with Gasteiger partial charge in [0.25, 0.3) is 5.91 Å². The Morgan fingerprint density at radius 1 is 0.882 bits per heavy atom. The number of ether oxygens (including phenoxy) is 3. The molecule has 34 heavy (non-hydrogen) atoms. The number of carbonyl (C=O) groups excluding carboxylic acids is 1. The van der Waals surface area contributed by atoms with Gasteiger partial charge >= 0.3 is 0 Å². The number of amides is 1. The fourth-order valence-corrected chi connectivity index (χ4v) is 4.43. The average Bonchev–Trinajstić information content (AvgIpc) is 3.40. The fourth-order valence-electron chi connectivity index (χ4n) is 4.43. The molecule has 6 nitrogen and oxygen atoms in total. The van der Waals surface area contributed by atoms with Gasteiger partial charge in [-0.1, -0.05) is 48.5 Å². The molecule has 0 atom stereocenters. The Bertz CT molecular complexity index is 1100. The Morgan fingerprint density at radius 3 is 2.15 bits per heavy atom. The maximum absolute atomic E-state index is 12.9. The number of methoxy groups -OCH3 is 3. The molecule has 0 saturated carbocycles. The van der Waals surface area contributed by atoms with E-state index in [0.717, 1.165) is 23.2 Å². The van der Waals surface area contributed by atoms with Crippen molar-refractivity contribution in [1.82, 2.24) is 10.2 Å². The second-order valence-corrected chi connectivity index (χ2v) is 8.43. The highest BCUT2D eigenvalue weighted by Crippen LogP contribution is 2.38. The predicted molar refractivity (Wildman–Crippen MR) is 134 cm³/mol. The summed E-state index contributed by atoms with van der Waals surface area (Å²) >= 11 is 0. The van der Waals surface area contributed by atoms with Gasteiger partial charge in [0.05, 0.1) is 21.3 Å². The van der Waals surface area contributed by atoms with E-state index in [2.05, 4.69) is 40.5 Å². The molecule has 1 amide bonds. The van der Waals surface area contributed by atoms with Crippen LogP contribution in [0.5, 0.6) is 17.2 Å². The van der Waals surface area contributed by atoms with Gasteiger partial charge in [0.2, 0.25) is 5.75 Å². The summed E-state index contributed by atoms with van der Waals surface area (Å²) in [5.74, 6) is 1.14. The number of nitrogens with zero attached hydrogens (tertiary/aromatic N) is 1. The second kappa shape index (κ2) is 11.1. The molecule has 4 rings (SSSR count). The first-order valence-corrected chi connectivity index (χ1v) is 11.6. The molecule has 0 aromatic heterocycles. The first-order valence-electron chi connectivity index (χ1n) is 11.6. The summed E-state index contributed by atoms with van der Waals surface area (Å²) in [6.07, 6.45) is 2.60. The summed E-state index contributed by atoms with van der Waals surface area (Å²) in [5, 5.41) is 3.03. The van der Waals surface area contributed by atoms with Crippen molar-refractivity contribution in [2.75, 3.05) is 34.4 Å². The highest BCUT2D eigenvalue weighted by atomic mass is 16.5. The van der Waals surface area contributed by atoms with Gasteiger partial charge in [-0.2, -0.15) is 0 Å². The topological polar surface area (TPSA) is 60.0 Å². The van der Waals surface area contributed by atoms with Gasteiger partial charge in [-0.15, -0.1) is 0 Å². The van der Waals surface area contributed by atoms with Crippen molar-refractivity contribution in [2.24, 2.45) is 0 Å². The fraction of sp³-hybridized carbons (Fsp3) is 0.321. The number of carbonyl (C=O) groups is 1. The summed E-state index contributed by atoms with van der Waals surface area (Å²) in [5.41, 5.74) is 5.08. The minimum Gasteiger partial charge on any atom is -0.493 e. The normalized spacial score (nSPS) is 13.5. The van der Waals surface area contributed by atoms with Gasteiger partial charge in [-0.05, 0) is 60.3 Å². The first-order chi connectivity index (χ1) is 16.6. The second-order valence-electron chi connectivity index (χ2n) is 8.43. The summed E-state index contributed by atoms with van der Waals surface area (Å²) in [7, 11) is 4.60. The largest absolute Gasteiger partial charge is 0.493 e. The zero-order valence-electron chi connectivity index (χ0n) is 20.1. The summed E-state index contributed by atoms with van der Waals surface area (Å²) < 4.78 is 16.1. The maximum Gasteiger partial charge on any atom is 0.251 e. The summed E-state index contributed by atoms with van der Waals surface area (Å²) in [6, 6.07) is 20.2. The van der Waals surface area contributed by atoms with Crippen LogP contribution < -0.4 is 19.5 Å². The van der Waals surface area contributed by atoms with Crippen molar-refractivity contribution in [3.63, 3.8) is 0 Å². The zero-order chi connectivity index (χ0) is 23.9. The molecule has 1 heterocycles. The van der Waals surface area contributed by atoms with Crippen LogP contribution in [0, 0.1) is 0 Å². The van der Waals surface area contributed by atoms with Crippen LogP contribution in [0.1, 0.15) is 34.3 Å². The van der Waals surface area contributed by atoms with E-state index >= 15 is 0 Å². The molecule has 6 heteroatoms. The number of hydrogen-bond donors (Lipinski definition) is 1. The van der Waals surface area contributed by atoms with Gasteiger partial charge in [-0.25, -0.2) is 0 Å². The van der Waals surface area contributed by atoms with E-state index in [1.165, 1.54) is 52.8 Å². The van der Waals surface area contributed by atoms with Gasteiger partial charge < -0.3 is 19.5 Å². The number of hydrogen-bond acceptors (Lipinski definition) is 5. The van der Waals surface area contributed by atoms with Crippen molar-refractivity contribution in [1.29, 1.82) is 0 Å². The van der Waals surface area contributed by atoms with Crippen molar-refractivity contribution in [2.45, 2.75) is 25.9 Å². The Labute approximate surface area is 201 Å². The third-order valence-electron chi connectivity index (χ3n) is 6.25. The quantitative estimate of drug-likeness (QED) is 0.492. The van der Waals surface area contributed by atoms with Crippen LogP contribution in [-0.4, -0.2) is 45.2 Å². The zero-order valence-corrected chi connectivity index (χ0v) is 20.1. The van der Waals surface area contributed by atoms with Crippen LogP contribution >= 0.6 is 0 Å². The molecular weight excluding hydrogens is 428 g/mol. The minimum absolute atomic E-state index is 0.213. The third kappa shape index (κ3) is 5.34. The van der Waals surface area contributed by atoms with E-state index in [1.54, 1.807) is 12.1 Å². The van der Waals surface area contributed by atoms with Crippen LogP contribution in [0.2, 0.25) is 0 Å². The molecule has 1 N–H and O–H groups in total. The van der Waals surface area contributed by atoms with Crippen LogP contribution in [0.3, 0.4) is 0 Å². The smallest absolute Gasteiger partial charge is 0.251 e. The van der Waals surface area contributed by atoms with Crippen molar-refractivity contribution in [3.8, 4) is 28.4 Å². The third-order valence-corrected chi connectivity index (χ3v) is 6.25. The molecule has 1 aliphatic heterocycles. The Balaban J connectivity index is 1.48. The van der Waals surface area contributed by atoms with Gasteiger partial charge in [0.1, 0.15) is 0 Å². The molecule has 1 saturated heterocycles. The molecule has 0 radical (unpaired) electrons. The molecular formula is C28H32N2O4. The highest BCUT2D eigenvalue weighted by Gasteiger charge is 2.17. The number of nitrogens with one attached hydrogen (secondary N) is 1. The Kier molecular flexibility index (Phi) is 7.70. The minimum atomic E-state index is -0.213. The van der Waals surface area contributed by atoms with Crippen LogP contribution in [0.25, 0.3) is 11.1 Å². The van der Waals surface area contributed by atoms with E-state index in [4.69, 9.17) is 14.2 Å². The monoisotopic (exact) mass is 460 g/mol. The lowest BCUT2D eigenvalue weighted by atomic mass is 9.98. The van der Waals surface area contributed by atoms with Gasteiger partial charge in [-0.3, -0.25) is 9.69 Å². The number of rotatable bonds is 9. The Morgan fingerprint density at radius 2 is 1.53 bits per heavy atom. The standard InChI is InChI=1S/C28H32N2O4/c1-32-25-16-23(17-26(33-2)27(25)34-3)28(31)29-18-22-8-4-5-9-24(22)21-12-10-20(11-13-21)19-30-14-6-7-15-30/h4-5,8-13,16-17H,6-7,14-15,18-19H2,1-3H3,(H,29,31). The molecule has 3 aromatic rings. The Hall–Kier alpha value is -3.51. The van der Waals surface area contributed by atoms with E-state index in [-0.39, 0.29) is 5.91 Å². The lowest BCUT2D eigenvalue weighted by molar-refractivity contribution is 0.0950. The van der Waals surface area contributed by atoms with Gasteiger partial charge in [0, 0.05) is 18.7 Å². The van der Waals surface area contributed by atoms with Crippen molar-refractivity contribution >= 4 is 5.91 Å². The van der Waals surface area contributed by atoms with Crippen LogP contribution in [0.15, 0.2) is 60.7 Å². The molecule has 3 aromatic carbocycles. The SMILES string of the molecule is COc1cc(C(=O)NCc2ccccc2-c2ccc(CN3CCCC3)cc2)cc(OC)c1OC. The molecule has 0 aliphatic carbocycles. The number of benzene rings is 3. The maximum atomic E-state index is 12.9. The lowest BCUT2D eigenvalue weighted by Crippen LogP contribution is -2.23. The highest BCUT2D eigenvalue weighted by molar-refractivity contribution is 5.95. The van der Waals surface area contributed by atoms with Gasteiger partial charge in [0.15, 0.2) is 11.5 Å². The lowest BCUT2D eigenvalue weighted by Gasteiger charge is -2.16. The van der Waals surface area contributed by atoms with Crippen molar-refractivity contribution < 1.29 is 19.0 Å². The molecule has 178 valence electrons. The molecule has 1 aliphatic rings. The van der Waals surface area contributed by atoms with E-state index in [9.17, 15) is 4.79 Å². The molecule has 0 unspecified atom stereocenters. The van der Waals surface area contributed by atoms with Crippen molar-refractivity contribution in [3.05, 3.63) is 77.4 Å². The average molecular weight is 461 g/mol. The first kappa shape index (κ1) is 23.6. The van der Waals surface area contributed by atoms with E-state index < -0.39 is 0 Å². The van der Waals surface area contributed by atoms with E-state index in [1.807, 2.05) is 18.2 Å². The summed E-state index contributed by atoms with van der Waals surface area (Å²) in [4.78, 5) is 15.4. The van der Waals surface area contributed by atoms with Crippen LogP contribution in [0.4, 0.5) is 0 Å². The molecule has 0 bridgehead atoms. The number of likely N-dealkylation sites (tertiary alicyclic amines) is 1. The van der Waals surface area contributed by atoms with E-state index in [0.29, 0.717) is 29.4 Å². The van der Waals surface area contributed by atoms with Crippen LogP contribution in [-0.2, 0) is 13.1 Å². The molecule has 0 spiro atoms. The molecule has 1 fully saturated rings. The predicted octanol–water partition coefficient (Wildman–Crippen LogP) is 4.91.